The lowest BCUT2D eigenvalue weighted by atomic mass is 10.3. The zero-order valence-electron chi connectivity index (χ0n) is 10.6. The number of sulfonamides is 1. The van der Waals surface area contributed by atoms with Crippen molar-refractivity contribution < 1.29 is 13.2 Å². The maximum atomic E-state index is 11.7. The number of nitrogen functional groups attached to an aromatic ring is 1. The Morgan fingerprint density at radius 2 is 2.05 bits per heavy atom. The van der Waals surface area contributed by atoms with Crippen LogP contribution < -0.4 is 15.2 Å². The third kappa shape index (κ3) is 4.52. The molecule has 0 amide bonds. The van der Waals surface area contributed by atoms with Crippen molar-refractivity contribution in [3.63, 3.8) is 0 Å². The molecule has 0 spiro atoms. The summed E-state index contributed by atoms with van der Waals surface area (Å²) < 4.78 is 31.1. The van der Waals surface area contributed by atoms with Gasteiger partial charge in [0.05, 0.1) is 12.3 Å². The van der Waals surface area contributed by atoms with E-state index in [9.17, 15) is 8.42 Å². The van der Waals surface area contributed by atoms with Crippen LogP contribution in [0, 0.1) is 0 Å². The molecule has 1 aromatic carbocycles. The Morgan fingerprint density at radius 1 is 1.30 bits per heavy atom. The molecule has 9 heteroatoms. The first-order chi connectivity index (χ1) is 9.55. The SMILES string of the molecule is Nc1ccc(OCCS(=O)(=O)NCc2ncn[nH]2)cc1. The second-order valence-corrected chi connectivity index (χ2v) is 5.92. The Bertz CT molecular complexity index is 625. The summed E-state index contributed by atoms with van der Waals surface area (Å²) in [6, 6.07) is 6.74. The van der Waals surface area contributed by atoms with Gasteiger partial charge in [0.1, 0.15) is 24.5 Å². The lowest BCUT2D eigenvalue weighted by Crippen LogP contribution is -2.29. The second kappa shape index (κ2) is 6.35. The predicted octanol–water partition coefficient (Wildman–Crippen LogP) is -0.115. The van der Waals surface area contributed by atoms with Gasteiger partial charge in [-0.1, -0.05) is 0 Å². The van der Waals surface area contributed by atoms with Crippen LogP contribution in [0.5, 0.6) is 5.75 Å². The number of benzene rings is 1. The van der Waals surface area contributed by atoms with Crippen molar-refractivity contribution in [3.05, 3.63) is 36.4 Å². The van der Waals surface area contributed by atoms with Crippen LogP contribution in [-0.2, 0) is 16.6 Å². The van der Waals surface area contributed by atoms with E-state index >= 15 is 0 Å². The first-order valence-corrected chi connectivity index (χ1v) is 7.50. The lowest BCUT2D eigenvalue weighted by Gasteiger charge is -2.07. The topological polar surface area (TPSA) is 123 Å². The minimum atomic E-state index is -3.42. The quantitative estimate of drug-likeness (QED) is 0.612. The first-order valence-electron chi connectivity index (χ1n) is 5.85. The maximum Gasteiger partial charge on any atom is 0.215 e. The number of aromatic amines is 1. The fourth-order valence-electron chi connectivity index (χ4n) is 1.40. The number of rotatable bonds is 7. The van der Waals surface area contributed by atoms with Crippen LogP contribution in [0.1, 0.15) is 5.82 Å². The average Bonchev–Trinajstić information content (AvgIpc) is 2.92. The fraction of sp³-hybridized carbons (Fsp3) is 0.273. The number of anilines is 1. The van der Waals surface area contributed by atoms with Gasteiger partial charge in [-0.05, 0) is 24.3 Å². The molecule has 0 aliphatic carbocycles. The Morgan fingerprint density at radius 3 is 2.70 bits per heavy atom. The van der Waals surface area contributed by atoms with Crippen LogP contribution >= 0.6 is 0 Å². The molecule has 2 rings (SSSR count). The van der Waals surface area contributed by atoms with E-state index < -0.39 is 10.0 Å². The molecule has 0 aliphatic heterocycles. The molecule has 0 atom stereocenters. The van der Waals surface area contributed by atoms with Crippen LogP contribution in [0.3, 0.4) is 0 Å². The Hall–Kier alpha value is -2.13. The van der Waals surface area contributed by atoms with Crippen LogP contribution in [0.4, 0.5) is 5.69 Å². The summed E-state index contributed by atoms with van der Waals surface area (Å²) in [7, 11) is -3.42. The van der Waals surface area contributed by atoms with Crippen LogP contribution in [-0.4, -0.2) is 36.0 Å². The minimum absolute atomic E-state index is 0.0512. The number of aromatic nitrogens is 3. The number of hydrogen-bond acceptors (Lipinski definition) is 6. The zero-order chi connectivity index (χ0) is 14.4. The second-order valence-electron chi connectivity index (χ2n) is 3.99. The molecule has 1 heterocycles. The predicted molar refractivity (Wildman–Crippen MR) is 73.4 cm³/mol. The van der Waals surface area contributed by atoms with E-state index in [0.29, 0.717) is 17.3 Å². The Balaban J connectivity index is 1.76. The highest BCUT2D eigenvalue weighted by molar-refractivity contribution is 7.89. The third-order valence-corrected chi connectivity index (χ3v) is 3.71. The molecule has 2 aromatic rings. The number of nitrogens with zero attached hydrogens (tertiary/aromatic N) is 2. The largest absolute Gasteiger partial charge is 0.492 e. The third-order valence-electron chi connectivity index (χ3n) is 2.43. The van der Waals surface area contributed by atoms with Gasteiger partial charge in [0.25, 0.3) is 0 Å². The van der Waals surface area contributed by atoms with Gasteiger partial charge in [0.2, 0.25) is 10.0 Å². The van der Waals surface area contributed by atoms with Gasteiger partial charge in [-0.3, -0.25) is 5.10 Å². The highest BCUT2D eigenvalue weighted by Crippen LogP contribution is 2.12. The summed E-state index contributed by atoms with van der Waals surface area (Å²) in [5, 5.41) is 6.19. The number of ether oxygens (including phenoxy) is 1. The molecule has 0 saturated carbocycles. The fourth-order valence-corrected chi connectivity index (χ4v) is 2.20. The number of nitrogens with two attached hydrogens (primary N) is 1. The summed E-state index contributed by atoms with van der Waals surface area (Å²) in [5.74, 6) is 0.878. The highest BCUT2D eigenvalue weighted by atomic mass is 32.2. The monoisotopic (exact) mass is 297 g/mol. The van der Waals surface area contributed by atoms with E-state index in [0.717, 1.165) is 0 Å². The maximum absolute atomic E-state index is 11.7. The standard InChI is InChI=1S/C11H15N5O3S/c12-9-1-3-10(4-2-9)19-5-6-20(17,18)15-7-11-13-8-14-16-11/h1-4,8,15H,5-7,12H2,(H,13,14,16). The molecule has 20 heavy (non-hydrogen) atoms. The highest BCUT2D eigenvalue weighted by Gasteiger charge is 2.11. The smallest absolute Gasteiger partial charge is 0.215 e. The molecular formula is C11H15N5O3S. The number of nitrogens with one attached hydrogen (secondary N) is 2. The van der Waals surface area contributed by atoms with Crippen molar-refractivity contribution in [3.8, 4) is 5.75 Å². The molecule has 0 bridgehead atoms. The molecule has 8 nitrogen and oxygen atoms in total. The van der Waals surface area contributed by atoms with Gasteiger partial charge in [-0.25, -0.2) is 18.1 Å². The van der Waals surface area contributed by atoms with E-state index in [1.165, 1.54) is 6.33 Å². The van der Waals surface area contributed by atoms with E-state index in [1.807, 2.05) is 0 Å². The van der Waals surface area contributed by atoms with Crippen molar-refractivity contribution in [1.82, 2.24) is 19.9 Å². The molecule has 0 unspecified atom stereocenters. The van der Waals surface area contributed by atoms with Gasteiger partial charge >= 0.3 is 0 Å². The average molecular weight is 297 g/mol. The molecule has 4 N–H and O–H groups in total. The van der Waals surface area contributed by atoms with E-state index in [2.05, 4.69) is 19.9 Å². The van der Waals surface area contributed by atoms with E-state index in [-0.39, 0.29) is 18.9 Å². The van der Waals surface area contributed by atoms with Crippen molar-refractivity contribution in [2.24, 2.45) is 0 Å². The van der Waals surface area contributed by atoms with Gasteiger partial charge in [-0.2, -0.15) is 5.10 Å². The van der Waals surface area contributed by atoms with Crippen LogP contribution in [0.2, 0.25) is 0 Å². The van der Waals surface area contributed by atoms with Crippen molar-refractivity contribution >= 4 is 15.7 Å². The van der Waals surface area contributed by atoms with Crippen molar-refractivity contribution in [1.29, 1.82) is 0 Å². The molecule has 1 aromatic heterocycles. The van der Waals surface area contributed by atoms with Crippen molar-refractivity contribution in [2.45, 2.75) is 6.54 Å². The zero-order valence-corrected chi connectivity index (χ0v) is 11.4. The number of hydrogen-bond donors (Lipinski definition) is 3. The van der Waals surface area contributed by atoms with Crippen LogP contribution in [0.15, 0.2) is 30.6 Å². The Kier molecular flexibility index (Phi) is 4.53. The van der Waals surface area contributed by atoms with Gasteiger partial charge in [-0.15, -0.1) is 0 Å². The normalized spacial score (nSPS) is 11.4. The number of H-pyrrole nitrogens is 1. The summed E-state index contributed by atoms with van der Waals surface area (Å²) in [4.78, 5) is 3.82. The summed E-state index contributed by atoms with van der Waals surface area (Å²) in [5.41, 5.74) is 6.16. The molecule has 0 saturated heterocycles. The molecule has 0 radical (unpaired) electrons. The summed E-state index contributed by atoms with van der Waals surface area (Å²) >= 11 is 0. The first kappa shape index (κ1) is 14.3. The van der Waals surface area contributed by atoms with E-state index in [4.69, 9.17) is 10.5 Å². The molecule has 108 valence electrons. The van der Waals surface area contributed by atoms with Gasteiger partial charge in [0.15, 0.2) is 0 Å². The lowest BCUT2D eigenvalue weighted by molar-refractivity contribution is 0.340. The Labute approximate surface area is 116 Å². The molecular weight excluding hydrogens is 282 g/mol. The molecule has 0 fully saturated rings. The molecule has 0 aliphatic rings. The minimum Gasteiger partial charge on any atom is -0.492 e. The van der Waals surface area contributed by atoms with Gasteiger partial charge in [0, 0.05) is 5.69 Å². The van der Waals surface area contributed by atoms with E-state index in [1.54, 1.807) is 24.3 Å². The van der Waals surface area contributed by atoms with Crippen molar-refractivity contribution in [2.75, 3.05) is 18.1 Å². The van der Waals surface area contributed by atoms with Crippen LogP contribution in [0.25, 0.3) is 0 Å². The summed E-state index contributed by atoms with van der Waals surface area (Å²) in [6.45, 7) is 0.125. The summed E-state index contributed by atoms with van der Waals surface area (Å²) in [6.07, 6.45) is 1.31. The van der Waals surface area contributed by atoms with Gasteiger partial charge < -0.3 is 10.5 Å².